The predicted molar refractivity (Wildman–Crippen MR) is 129 cm³/mol. The van der Waals surface area contributed by atoms with Crippen molar-refractivity contribution < 1.29 is 9.53 Å². The summed E-state index contributed by atoms with van der Waals surface area (Å²) in [6.07, 6.45) is 13.3. The maximum Gasteiger partial charge on any atom is 0.138 e. The molecule has 6 fully saturated rings. The minimum Gasteiger partial charge on any atom is -0.377 e. The summed E-state index contributed by atoms with van der Waals surface area (Å²) >= 11 is 0. The number of rotatable bonds is 0. The number of hydrogen-bond donors (Lipinski definition) is 0. The van der Waals surface area contributed by atoms with E-state index in [1.54, 1.807) is 0 Å². The molecule has 2 heteroatoms. The molecule has 0 aromatic carbocycles. The highest BCUT2D eigenvalue weighted by Gasteiger charge is 2.72. The van der Waals surface area contributed by atoms with E-state index in [0.717, 1.165) is 37.2 Å². The lowest BCUT2D eigenvalue weighted by molar-refractivity contribution is -0.239. The van der Waals surface area contributed by atoms with E-state index in [4.69, 9.17) is 4.74 Å². The zero-order chi connectivity index (χ0) is 22.9. The molecule has 0 radical (unpaired) electrons. The highest BCUT2D eigenvalue weighted by Crippen LogP contribution is 2.77. The third-order valence-corrected chi connectivity index (χ3v) is 13.9. The quantitative estimate of drug-likeness (QED) is 0.391. The van der Waals surface area contributed by atoms with E-state index >= 15 is 0 Å². The highest BCUT2D eigenvalue weighted by atomic mass is 16.5. The predicted octanol–water partition coefficient (Wildman–Crippen LogP) is 7.45. The summed E-state index contributed by atoms with van der Waals surface area (Å²) in [4.78, 5) is 12.9. The summed E-state index contributed by atoms with van der Waals surface area (Å²) in [6.45, 7) is 18.6. The maximum atomic E-state index is 12.9. The number of ketones is 1. The van der Waals surface area contributed by atoms with Gasteiger partial charge in [-0.25, -0.2) is 0 Å². The van der Waals surface area contributed by atoms with Gasteiger partial charge in [0.1, 0.15) is 5.78 Å². The first-order valence-electron chi connectivity index (χ1n) is 14.0. The zero-order valence-corrected chi connectivity index (χ0v) is 22.0. The third kappa shape index (κ3) is 2.35. The first-order valence-corrected chi connectivity index (χ1v) is 14.0. The minimum atomic E-state index is -0.136. The van der Waals surface area contributed by atoms with Crippen LogP contribution < -0.4 is 0 Å². The van der Waals surface area contributed by atoms with Crippen LogP contribution in [0.1, 0.15) is 113 Å². The number of carbonyl (C=O) groups is 1. The average Bonchev–Trinajstić information content (AvgIpc) is 3.05. The van der Waals surface area contributed by atoms with Crippen molar-refractivity contribution in [3.05, 3.63) is 0 Å². The maximum absolute atomic E-state index is 12.9. The van der Waals surface area contributed by atoms with Crippen LogP contribution in [0.5, 0.6) is 0 Å². The average molecular weight is 441 g/mol. The van der Waals surface area contributed by atoms with Crippen molar-refractivity contribution in [3.8, 4) is 0 Å². The second-order valence-electron chi connectivity index (χ2n) is 15.4. The molecule has 1 heterocycles. The molecule has 0 aromatic rings. The Morgan fingerprint density at radius 1 is 0.750 bits per heavy atom. The molecule has 1 aliphatic heterocycles. The lowest BCUT2D eigenvalue weighted by Crippen LogP contribution is -2.67. The summed E-state index contributed by atoms with van der Waals surface area (Å²) < 4.78 is 6.70. The second kappa shape index (κ2) is 6.24. The molecule has 1 saturated heterocycles. The van der Waals surface area contributed by atoms with Gasteiger partial charge in [0.25, 0.3) is 0 Å². The highest BCUT2D eigenvalue weighted by molar-refractivity contribution is 5.85. The summed E-state index contributed by atoms with van der Waals surface area (Å²) in [5.74, 6) is 3.46. The van der Waals surface area contributed by atoms with Gasteiger partial charge in [-0.05, 0) is 109 Å². The summed E-state index contributed by atoms with van der Waals surface area (Å²) in [7, 11) is 0. The second-order valence-corrected chi connectivity index (χ2v) is 15.4. The molecule has 9 atom stereocenters. The molecule has 6 rings (SSSR count). The van der Waals surface area contributed by atoms with Crippen molar-refractivity contribution in [2.24, 2.45) is 56.2 Å². The van der Waals surface area contributed by atoms with E-state index in [1.165, 1.54) is 51.4 Å². The smallest absolute Gasteiger partial charge is 0.138 e. The Morgan fingerprint density at radius 3 is 2.22 bits per heavy atom. The van der Waals surface area contributed by atoms with Gasteiger partial charge >= 0.3 is 0 Å². The third-order valence-electron chi connectivity index (χ3n) is 13.9. The van der Waals surface area contributed by atoms with Crippen LogP contribution in [0.4, 0.5) is 0 Å². The Kier molecular flexibility index (Phi) is 4.31. The molecule has 32 heavy (non-hydrogen) atoms. The van der Waals surface area contributed by atoms with Crippen molar-refractivity contribution in [2.45, 2.75) is 119 Å². The number of carbonyl (C=O) groups excluding carboxylic acids is 1. The van der Waals surface area contributed by atoms with Crippen LogP contribution in [0.15, 0.2) is 0 Å². The van der Waals surface area contributed by atoms with Gasteiger partial charge in [0.2, 0.25) is 0 Å². The van der Waals surface area contributed by atoms with E-state index in [1.807, 2.05) is 0 Å². The Hall–Kier alpha value is -0.370. The van der Waals surface area contributed by atoms with Crippen molar-refractivity contribution in [3.63, 3.8) is 0 Å². The van der Waals surface area contributed by atoms with E-state index in [2.05, 4.69) is 48.5 Å². The molecule has 2 nitrogen and oxygen atoms in total. The SMILES string of the molecule is CC1(C)CC[C@]23CC[C@]4(C)[C@H](CC[C@H]5[C@@]6(C)CCC(=O)C(C)(C)[C@@H]6CC[C@]54C)[C@@H]2[C@H]1OC3. The summed E-state index contributed by atoms with van der Waals surface area (Å²) in [6, 6.07) is 0. The van der Waals surface area contributed by atoms with E-state index < -0.39 is 0 Å². The summed E-state index contributed by atoms with van der Waals surface area (Å²) in [5, 5.41) is 0. The van der Waals surface area contributed by atoms with E-state index in [9.17, 15) is 4.79 Å². The Bertz CT molecular complexity index is 842. The first kappa shape index (κ1) is 22.1. The van der Waals surface area contributed by atoms with E-state index in [0.29, 0.717) is 44.9 Å². The van der Waals surface area contributed by atoms with Crippen molar-refractivity contribution in [1.29, 1.82) is 0 Å². The fourth-order valence-electron chi connectivity index (χ4n) is 11.8. The van der Waals surface area contributed by atoms with Gasteiger partial charge in [-0.3, -0.25) is 4.79 Å². The molecule has 5 saturated carbocycles. The monoisotopic (exact) mass is 440 g/mol. The van der Waals surface area contributed by atoms with Crippen LogP contribution in [0.3, 0.4) is 0 Å². The lowest BCUT2D eigenvalue weighted by atomic mass is 9.31. The Labute approximate surface area is 197 Å². The lowest BCUT2D eigenvalue weighted by Gasteiger charge is -2.72. The fourth-order valence-corrected chi connectivity index (χ4v) is 11.8. The zero-order valence-electron chi connectivity index (χ0n) is 22.0. The number of hydrogen-bond acceptors (Lipinski definition) is 2. The largest absolute Gasteiger partial charge is 0.377 e. The van der Waals surface area contributed by atoms with Gasteiger partial charge in [-0.15, -0.1) is 0 Å². The van der Waals surface area contributed by atoms with Gasteiger partial charge < -0.3 is 4.74 Å². The van der Waals surface area contributed by atoms with Gasteiger partial charge in [0, 0.05) is 11.8 Å². The van der Waals surface area contributed by atoms with Crippen molar-refractivity contribution >= 4 is 5.78 Å². The molecular formula is C30H48O2. The molecule has 0 N–H and O–H groups in total. The van der Waals surface area contributed by atoms with Crippen LogP contribution in [0.2, 0.25) is 0 Å². The van der Waals surface area contributed by atoms with Crippen LogP contribution in [0, 0.1) is 56.2 Å². The van der Waals surface area contributed by atoms with Crippen molar-refractivity contribution in [1.82, 2.24) is 0 Å². The molecule has 0 spiro atoms. The van der Waals surface area contributed by atoms with Crippen LogP contribution in [-0.4, -0.2) is 18.5 Å². The van der Waals surface area contributed by atoms with Crippen LogP contribution >= 0.6 is 0 Å². The molecule has 0 unspecified atom stereocenters. The number of Topliss-reactive ketones (excluding diaryl/α,β-unsaturated/α-hetero) is 1. The van der Waals surface area contributed by atoms with Gasteiger partial charge in [-0.1, -0.05) is 48.5 Å². The van der Waals surface area contributed by atoms with Crippen LogP contribution in [-0.2, 0) is 9.53 Å². The summed E-state index contributed by atoms with van der Waals surface area (Å²) in [5.41, 5.74) is 1.83. The number of ether oxygens (including phenoxy) is 1. The Balaban J connectivity index is 1.40. The molecule has 5 aliphatic carbocycles. The number of fused-ring (bicyclic) bond motifs is 5. The van der Waals surface area contributed by atoms with Crippen LogP contribution in [0.25, 0.3) is 0 Å². The van der Waals surface area contributed by atoms with Gasteiger partial charge in [0.05, 0.1) is 12.7 Å². The minimum absolute atomic E-state index is 0.136. The molecule has 2 bridgehead atoms. The first-order chi connectivity index (χ1) is 14.8. The molecule has 6 aliphatic rings. The molecular weight excluding hydrogens is 392 g/mol. The van der Waals surface area contributed by atoms with Gasteiger partial charge in [0.15, 0.2) is 0 Å². The topological polar surface area (TPSA) is 26.3 Å². The fraction of sp³-hybridized carbons (Fsp3) is 0.967. The molecule has 0 aromatic heterocycles. The standard InChI is InChI=1S/C30H48O2/c1-25(2)14-16-30-17-15-28(6)19(23(30)24(25)32-18-30)8-9-21-27(5)12-11-22(31)26(3,4)20(27)10-13-29(21,28)7/h19-21,23-24H,8-18H2,1-7H3/t19-,20+,21+,23-,24-,27+,28-,29-,30-/m1/s1. The van der Waals surface area contributed by atoms with E-state index in [-0.39, 0.29) is 5.41 Å². The van der Waals surface area contributed by atoms with Gasteiger partial charge in [-0.2, -0.15) is 0 Å². The van der Waals surface area contributed by atoms with Crippen molar-refractivity contribution in [2.75, 3.05) is 6.61 Å². The molecule has 180 valence electrons. The normalized spacial score (nSPS) is 57.7. The molecule has 0 amide bonds. The Morgan fingerprint density at radius 2 is 1.47 bits per heavy atom.